The van der Waals surface area contributed by atoms with Crippen LogP contribution in [0.5, 0.6) is 0 Å². The molecule has 0 atom stereocenters. The van der Waals surface area contributed by atoms with Crippen LogP contribution >= 0.6 is 0 Å². The normalized spacial score (nSPS) is 11.0. The van der Waals surface area contributed by atoms with E-state index in [2.05, 4.69) is 77.7 Å². The lowest BCUT2D eigenvalue weighted by atomic mass is 10.1. The molecule has 12 rings (SSSR count). The average Bonchev–Trinajstić information content (AvgIpc) is 3.49. The van der Waals surface area contributed by atoms with E-state index in [1.807, 2.05) is 182 Å². The third-order valence-corrected chi connectivity index (χ3v) is 12.2. The van der Waals surface area contributed by atoms with Crippen LogP contribution in [0, 0.1) is 0 Å². The van der Waals surface area contributed by atoms with Crippen molar-refractivity contribution >= 4 is 17.1 Å². The van der Waals surface area contributed by atoms with Gasteiger partial charge in [-0.25, -0.2) is 44.9 Å². The number of rotatable bonds is 12. The number of hydrogen-bond acceptors (Lipinski definition) is 10. The molecular formula is C63H42N10. The fourth-order valence-corrected chi connectivity index (χ4v) is 8.54. The molecule has 0 saturated carbocycles. The van der Waals surface area contributed by atoms with Crippen LogP contribution < -0.4 is 4.90 Å². The zero-order valence-electron chi connectivity index (χ0n) is 39.2. The van der Waals surface area contributed by atoms with E-state index in [-0.39, 0.29) is 0 Å². The van der Waals surface area contributed by atoms with Gasteiger partial charge in [0.05, 0.1) is 0 Å². The summed E-state index contributed by atoms with van der Waals surface area (Å²) in [6.07, 6.45) is 0. The van der Waals surface area contributed by atoms with Crippen molar-refractivity contribution in [1.29, 1.82) is 0 Å². The predicted octanol–water partition coefficient (Wildman–Crippen LogP) is 14.7. The average molecular weight is 939 g/mol. The topological polar surface area (TPSA) is 119 Å². The lowest BCUT2D eigenvalue weighted by Gasteiger charge is -2.26. The Hall–Kier alpha value is -10.2. The Kier molecular flexibility index (Phi) is 12.1. The zero-order chi connectivity index (χ0) is 48.8. The Morgan fingerprint density at radius 2 is 0.288 bits per heavy atom. The number of aromatic nitrogens is 9. The molecule has 0 fully saturated rings. The molecule has 10 heteroatoms. The van der Waals surface area contributed by atoms with E-state index in [0.717, 1.165) is 67.1 Å². The van der Waals surface area contributed by atoms with Crippen molar-refractivity contribution in [3.05, 3.63) is 255 Å². The molecule has 10 nitrogen and oxygen atoms in total. The quantitative estimate of drug-likeness (QED) is 0.117. The molecular weight excluding hydrogens is 897 g/mol. The maximum absolute atomic E-state index is 5.00. The number of anilines is 3. The van der Waals surface area contributed by atoms with Crippen molar-refractivity contribution in [2.24, 2.45) is 0 Å². The van der Waals surface area contributed by atoms with Gasteiger partial charge in [-0.15, -0.1) is 0 Å². The maximum atomic E-state index is 5.00. The van der Waals surface area contributed by atoms with Gasteiger partial charge in [-0.2, -0.15) is 0 Å². The van der Waals surface area contributed by atoms with Gasteiger partial charge in [0, 0.05) is 67.1 Å². The van der Waals surface area contributed by atoms with Crippen molar-refractivity contribution in [2.75, 3.05) is 4.90 Å². The van der Waals surface area contributed by atoms with Crippen LogP contribution in [0.15, 0.2) is 255 Å². The summed E-state index contributed by atoms with van der Waals surface area (Å²) in [7, 11) is 0. The summed E-state index contributed by atoms with van der Waals surface area (Å²) >= 11 is 0. The fourth-order valence-electron chi connectivity index (χ4n) is 8.54. The Balaban J connectivity index is 0.949. The lowest BCUT2D eigenvalue weighted by molar-refractivity contribution is 1.07. The highest BCUT2D eigenvalue weighted by atomic mass is 15.1. The van der Waals surface area contributed by atoms with Crippen molar-refractivity contribution in [3.63, 3.8) is 0 Å². The molecule has 9 aromatic carbocycles. The number of benzene rings is 9. The van der Waals surface area contributed by atoms with Crippen LogP contribution in [0.2, 0.25) is 0 Å². The van der Waals surface area contributed by atoms with E-state index in [0.29, 0.717) is 52.4 Å². The SMILES string of the molecule is c1ccc(-c2nc(-c3ccccc3)nc(-c3ccc(N(c4ccc(-c5nc(-c6ccccc6)nc(-c6ccccc6)n5)cc4)c4ccc(-c5nc(-c6ccccc6)nc(-c6ccccc6)n5)cc4)cc3)n2)cc1. The van der Waals surface area contributed by atoms with Gasteiger partial charge in [0.25, 0.3) is 0 Å². The van der Waals surface area contributed by atoms with E-state index in [4.69, 9.17) is 44.9 Å². The van der Waals surface area contributed by atoms with Crippen LogP contribution in [0.3, 0.4) is 0 Å². The van der Waals surface area contributed by atoms with Crippen LogP contribution in [-0.4, -0.2) is 44.9 Å². The molecule has 0 aliphatic rings. The molecule has 0 aliphatic carbocycles. The lowest BCUT2D eigenvalue weighted by Crippen LogP contribution is -2.10. The second-order valence-electron chi connectivity index (χ2n) is 17.1. The predicted molar refractivity (Wildman–Crippen MR) is 290 cm³/mol. The first kappa shape index (κ1) is 44.0. The van der Waals surface area contributed by atoms with E-state index in [9.17, 15) is 0 Å². The summed E-state index contributed by atoms with van der Waals surface area (Å²) < 4.78 is 0. The minimum absolute atomic E-state index is 0.573. The first-order valence-corrected chi connectivity index (χ1v) is 23.9. The van der Waals surface area contributed by atoms with Gasteiger partial charge in [0.2, 0.25) is 0 Å². The molecule has 0 spiro atoms. The first-order chi connectivity index (χ1) is 36.1. The largest absolute Gasteiger partial charge is 0.311 e. The summed E-state index contributed by atoms with van der Waals surface area (Å²) in [6.45, 7) is 0. The highest BCUT2D eigenvalue weighted by Crippen LogP contribution is 2.38. The molecule has 3 aromatic heterocycles. The van der Waals surface area contributed by atoms with Gasteiger partial charge < -0.3 is 4.90 Å². The molecule has 73 heavy (non-hydrogen) atoms. The van der Waals surface area contributed by atoms with Crippen molar-refractivity contribution in [1.82, 2.24) is 44.9 Å². The summed E-state index contributed by atoms with van der Waals surface area (Å²) in [5, 5.41) is 0. The Bertz CT molecular complexity index is 3220. The molecule has 0 unspecified atom stereocenters. The smallest absolute Gasteiger partial charge is 0.164 e. The van der Waals surface area contributed by atoms with E-state index in [1.165, 1.54) is 0 Å². The molecule has 0 radical (unpaired) electrons. The van der Waals surface area contributed by atoms with Gasteiger partial charge in [-0.1, -0.05) is 182 Å². The molecule has 0 N–H and O–H groups in total. The van der Waals surface area contributed by atoms with E-state index < -0.39 is 0 Å². The third kappa shape index (κ3) is 9.59. The zero-order valence-corrected chi connectivity index (χ0v) is 39.2. The van der Waals surface area contributed by atoms with Crippen LogP contribution in [0.4, 0.5) is 17.1 Å². The van der Waals surface area contributed by atoms with Gasteiger partial charge in [-0.3, -0.25) is 0 Å². The Morgan fingerprint density at radius 1 is 0.151 bits per heavy atom. The minimum Gasteiger partial charge on any atom is -0.311 e. The van der Waals surface area contributed by atoms with Gasteiger partial charge in [0.1, 0.15) is 0 Å². The molecule has 0 bridgehead atoms. The van der Waals surface area contributed by atoms with Crippen molar-refractivity contribution in [2.45, 2.75) is 0 Å². The Labute approximate surface area is 422 Å². The second-order valence-corrected chi connectivity index (χ2v) is 17.1. The summed E-state index contributed by atoms with van der Waals surface area (Å²) in [5.41, 5.74) is 10.8. The minimum atomic E-state index is 0.573. The van der Waals surface area contributed by atoms with Gasteiger partial charge in [0.15, 0.2) is 52.4 Å². The molecule has 3 heterocycles. The van der Waals surface area contributed by atoms with Crippen LogP contribution in [-0.2, 0) is 0 Å². The highest BCUT2D eigenvalue weighted by Gasteiger charge is 2.19. The first-order valence-electron chi connectivity index (χ1n) is 23.9. The van der Waals surface area contributed by atoms with Gasteiger partial charge in [-0.05, 0) is 72.8 Å². The number of nitrogens with zero attached hydrogens (tertiary/aromatic N) is 10. The highest BCUT2D eigenvalue weighted by molar-refractivity contribution is 5.81. The standard InChI is InChI=1S/C63H42N10/c1-7-19-43(20-8-1)55-64-56(44-21-9-2-10-22-44)68-61(67-55)49-31-37-52(38-32-49)73(53-39-33-50(34-40-53)62-69-57(45-23-11-3-12-24-45)65-58(70-62)46-25-13-4-14-26-46)54-41-35-51(36-42-54)63-71-59(47-27-15-5-16-28-47)66-60(72-63)48-29-17-6-18-30-48/h1-42H. The van der Waals surface area contributed by atoms with E-state index >= 15 is 0 Å². The molecule has 0 amide bonds. The maximum Gasteiger partial charge on any atom is 0.164 e. The Morgan fingerprint density at radius 3 is 0.438 bits per heavy atom. The molecule has 0 saturated heterocycles. The molecule has 0 aliphatic heterocycles. The molecule has 344 valence electrons. The second kappa shape index (κ2) is 20.0. The van der Waals surface area contributed by atoms with Crippen LogP contribution in [0.1, 0.15) is 0 Å². The summed E-state index contributed by atoms with van der Waals surface area (Å²) in [4.78, 5) is 46.9. The third-order valence-electron chi connectivity index (χ3n) is 12.2. The van der Waals surface area contributed by atoms with Gasteiger partial charge >= 0.3 is 0 Å². The summed E-state index contributed by atoms with van der Waals surface area (Å²) in [5.74, 6) is 5.33. The monoisotopic (exact) mass is 938 g/mol. The van der Waals surface area contributed by atoms with E-state index in [1.54, 1.807) is 0 Å². The van der Waals surface area contributed by atoms with Crippen molar-refractivity contribution in [3.8, 4) is 102 Å². The molecule has 12 aromatic rings. The van der Waals surface area contributed by atoms with Crippen molar-refractivity contribution < 1.29 is 0 Å². The summed E-state index contributed by atoms with van der Waals surface area (Å²) in [6, 6.07) is 85.0. The van der Waals surface area contributed by atoms with Crippen LogP contribution in [0.25, 0.3) is 102 Å². The number of hydrogen-bond donors (Lipinski definition) is 0. The fraction of sp³-hybridized carbons (Fsp3) is 0.